The van der Waals surface area contributed by atoms with E-state index in [1.165, 1.54) is 5.56 Å². The highest BCUT2D eigenvalue weighted by Gasteiger charge is 2.10. The van der Waals surface area contributed by atoms with Gasteiger partial charge in [-0.05, 0) is 42.9 Å². The van der Waals surface area contributed by atoms with Gasteiger partial charge in [-0.15, -0.1) is 0 Å². The minimum atomic E-state index is -3.30. The van der Waals surface area contributed by atoms with Crippen molar-refractivity contribution in [3.8, 4) is 0 Å². The Hall–Kier alpha value is -1.85. The van der Waals surface area contributed by atoms with Gasteiger partial charge in [-0.1, -0.05) is 48.5 Å². The summed E-state index contributed by atoms with van der Waals surface area (Å²) in [6.45, 7) is 0. The van der Waals surface area contributed by atoms with E-state index in [4.69, 9.17) is 0 Å². The van der Waals surface area contributed by atoms with Crippen molar-refractivity contribution >= 4 is 15.7 Å². The molecule has 23 heavy (non-hydrogen) atoms. The molecule has 0 amide bonds. The SMILES string of the molecule is CS(=O)(=O)Nc1ccccc1CCC(O)CCc1ccccc1. The first-order valence-electron chi connectivity index (χ1n) is 7.72. The quantitative estimate of drug-likeness (QED) is 0.780. The van der Waals surface area contributed by atoms with Gasteiger partial charge in [0.2, 0.25) is 10.0 Å². The van der Waals surface area contributed by atoms with E-state index in [2.05, 4.69) is 16.9 Å². The van der Waals surface area contributed by atoms with Crippen molar-refractivity contribution in [3.63, 3.8) is 0 Å². The zero-order valence-corrected chi connectivity index (χ0v) is 14.1. The smallest absolute Gasteiger partial charge is 0.229 e. The van der Waals surface area contributed by atoms with Crippen molar-refractivity contribution < 1.29 is 13.5 Å². The van der Waals surface area contributed by atoms with E-state index in [0.29, 0.717) is 24.9 Å². The molecule has 0 saturated carbocycles. The Morgan fingerprint density at radius 2 is 1.57 bits per heavy atom. The number of hydrogen-bond donors (Lipinski definition) is 2. The van der Waals surface area contributed by atoms with E-state index < -0.39 is 16.1 Å². The summed E-state index contributed by atoms with van der Waals surface area (Å²) >= 11 is 0. The third kappa shape index (κ3) is 6.42. The van der Waals surface area contributed by atoms with Crippen LogP contribution in [0.1, 0.15) is 24.0 Å². The third-order valence-electron chi connectivity index (χ3n) is 3.67. The summed E-state index contributed by atoms with van der Waals surface area (Å²) < 4.78 is 25.3. The van der Waals surface area contributed by atoms with E-state index in [-0.39, 0.29) is 0 Å². The van der Waals surface area contributed by atoms with Crippen LogP contribution in [-0.2, 0) is 22.9 Å². The lowest BCUT2D eigenvalue weighted by Gasteiger charge is -2.13. The Morgan fingerprint density at radius 1 is 0.957 bits per heavy atom. The van der Waals surface area contributed by atoms with Gasteiger partial charge in [0.15, 0.2) is 0 Å². The Labute approximate surface area is 138 Å². The fourth-order valence-corrected chi connectivity index (χ4v) is 3.08. The molecule has 2 aromatic rings. The molecule has 0 fully saturated rings. The average molecular weight is 333 g/mol. The zero-order valence-electron chi connectivity index (χ0n) is 13.3. The Kier molecular flexibility index (Phi) is 6.19. The molecule has 2 rings (SSSR count). The van der Waals surface area contributed by atoms with Crippen LogP contribution in [0, 0.1) is 0 Å². The van der Waals surface area contributed by atoms with E-state index in [1.807, 2.05) is 30.3 Å². The topological polar surface area (TPSA) is 66.4 Å². The van der Waals surface area contributed by atoms with Gasteiger partial charge < -0.3 is 5.11 Å². The van der Waals surface area contributed by atoms with Crippen LogP contribution in [0.5, 0.6) is 0 Å². The van der Waals surface area contributed by atoms with Gasteiger partial charge in [0.1, 0.15) is 0 Å². The molecule has 5 heteroatoms. The van der Waals surface area contributed by atoms with Crippen molar-refractivity contribution in [3.05, 3.63) is 65.7 Å². The van der Waals surface area contributed by atoms with Crippen LogP contribution < -0.4 is 4.72 Å². The molecule has 0 aliphatic carbocycles. The summed E-state index contributed by atoms with van der Waals surface area (Å²) in [5, 5.41) is 10.2. The maximum absolute atomic E-state index is 11.4. The maximum atomic E-state index is 11.4. The highest BCUT2D eigenvalue weighted by atomic mass is 32.2. The minimum absolute atomic E-state index is 0.401. The lowest BCUT2D eigenvalue weighted by atomic mass is 10.0. The average Bonchev–Trinajstić information content (AvgIpc) is 2.51. The van der Waals surface area contributed by atoms with Gasteiger partial charge in [-0.25, -0.2) is 8.42 Å². The van der Waals surface area contributed by atoms with E-state index in [1.54, 1.807) is 12.1 Å². The fourth-order valence-electron chi connectivity index (χ4n) is 2.48. The van der Waals surface area contributed by atoms with Crippen molar-refractivity contribution in [2.75, 3.05) is 11.0 Å². The van der Waals surface area contributed by atoms with Gasteiger partial charge >= 0.3 is 0 Å². The summed E-state index contributed by atoms with van der Waals surface area (Å²) in [5.41, 5.74) is 2.70. The van der Waals surface area contributed by atoms with Gasteiger partial charge in [0.25, 0.3) is 0 Å². The molecule has 0 aromatic heterocycles. The van der Waals surface area contributed by atoms with Crippen molar-refractivity contribution in [1.82, 2.24) is 0 Å². The predicted octanol–water partition coefficient (Wildman–Crippen LogP) is 2.98. The largest absolute Gasteiger partial charge is 0.393 e. The van der Waals surface area contributed by atoms with Crippen LogP contribution >= 0.6 is 0 Å². The lowest BCUT2D eigenvalue weighted by molar-refractivity contribution is 0.155. The number of hydrogen-bond acceptors (Lipinski definition) is 3. The monoisotopic (exact) mass is 333 g/mol. The van der Waals surface area contributed by atoms with Crippen molar-refractivity contribution in [1.29, 1.82) is 0 Å². The Morgan fingerprint density at radius 3 is 2.26 bits per heavy atom. The van der Waals surface area contributed by atoms with Crippen LogP contribution in [0.15, 0.2) is 54.6 Å². The van der Waals surface area contributed by atoms with Crippen LogP contribution in [-0.4, -0.2) is 25.9 Å². The normalized spacial score (nSPS) is 12.8. The molecule has 124 valence electrons. The number of anilines is 1. The summed E-state index contributed by atoms with van der Waals surface area (Å²) in [4.78, 5) is 0. The number of rotatable bonds is 8. The molecule has 0 saturated heterocycles. The molecule has 0 heterocycles. The molecule has 0 spiro atoms. The summed E-state index contributed by atoms with van der Waals surface area (Å²) in [6.07, 6.45) is 3.51. The van der Waals surface area contributed by atoms with Crippen molar-refractivity contribution in [2.45, 2.75) is 31.8 Å². The van der Waals surface area contributed by atoms with Crippen LogP contribution in [0.3, 0.4) is 0 Å². The highest BCUT2D eigenvalue weighted by Crippen LogP contribution is 2.19. The van der Waals surface area contributed by atoms with Gasteiger partial charge in [-0.3, -0.25) is 4.72 Å². The first kappa shape index (κ1) is 17.5. The Bertz CT molecular complexity index is 714. The maximum Gasteiger partial charge on any atom is 0.229 e. The first-order valence-corrected chi connectivity index (χ1v) is 9.61. The van der Waals surface area contributed by atoms with Gasteiger partial charge in [-0.2, -0.15) is 0 Å². The molecular weight excluding hydrogens is 310 g/mol. The summed E-state index contributed by atoms with van der Waals surface area (Å²) in [7, 11) is -3.30. The number of aliphatic hydroxyl groups is 1. The van der Waals surface area contributed by atoms with Crippen LogP contribution in [0.25, 0.3) is 0 Å². The number of nitrogens with one attached hydrogen (secondary N) is 1. The first-order chi connectivity index (χ1) is 10.9. The van der Waals surface area contributed by atoms with E-state index in [0.717, 1.165) is 18.2 Å². The second kappa shape index (κ2) is 8.13. The number of para-hydroxylation sites is 1. The molecule has 0 radical (unpaired) electrons. The van der Waals surface area contributed by atoms with Crippen LogP contribution in [0.2, 0.25) is 0 Å². The van der Waals surface area contributed by atoms with Crippen molar-refractivity contribution in [2.24, 2.45) is 0 Å². The fraction of sp³-hybridized carbons (Fsp3) is 0.333. The molecule has 0 aliphatic rings. The molecule has 0 bridgehead atoms. The molecular formula is C18H23NO3S. The second-order valence-corrected chi connectivity index (χ2v) is 7.50. The molecule has 2 N–H and O–H groups in total. The Balaban J connectivity index is 1.88. The number of benzene rings is 2. The third-order valence-corrected chi connectivity index (χ3v) is 4.26. The molecule has 1 atom stereocenters. The minimum Gasteiger partial charge on any atom is -0.393 e. The summed E-state index contributed by atoms with van der Waals surface area (Å²) in [5.74, 6) is 0. The molecule has 2 aromatic carbocycles. The summed E-state index contributed by atoms with van der Waals surface area (Å²) in [6, 6.07) is 17.4. The van der Waals surface area contributed by atoms with Crippen LogP contribution in [0.4, 0.5) is 5.69 Å². The second-order valence-electron chi connectivity index (χ2n) is 5.75. The van der Waals surface area contributed by atoms with Gasteiger partial charge in [0, 0.05) is 0 Å². The number of aliphatic hydroxyl groups excluding tert-OH is 1. The molecule has 0 aliphatic heterocycles. The van der Waals surface area contributed by atoms with Gasteiger partial charge in [0.05, 0.1) is 18.0 Å². The van der Waals surface area contributed by atoms with E-state index >= 15 is 0 Å². The molecule has 4 nitrogen and oxygen atoms in total. The van der Waals surface area contributed by atoms with E-state index in [9.17, 15) is 13.5 Å². The lowest BCUT2D eigenvalue weighted by Crippen LogP contribution is -2.13. The predicted molar refractivity (Wildman–Crippen MR) is 94.0 cm³/mol. The number of sulfonamides is 1. The molecule has 1 unspecified atom stereocenters. The standard InChI is InChI=1S/C18H23NO3S/c1-23(21,22)19-18-10-6-5-9-16(18)12-14-17(20)13-11-15-7-3-2-4-8-15/h2-10,17,19-20H,11-14H2,1H3. The highest BCUT2D eigenvalue weighted by molar-refractivity contribution is 7.92. The number of aryl methyl sites for hydroxylation is 2. The zero-order chi connectivity index (χ0) is 16.7.